The smallest absolute Gasteiger partial charge is 0.238 e. The Kier molecular flexibility index (Phi) is 7.34. The van der Waals surface area contributed by atoms with E-state index in [0.717, 1.165) is 16.7 Å². The largest absolute Gasteiger partial charge is 0.502 e. The molecular weight excluding hydrogens is 596 g/mol. The number of aromatic hydroxyl groups is 1. The van der Waals surface area contributed by atoms with Gasteiger partial charge in [-0.15, -0.1) is 0 Å². The van der Waals surface area contributed by atoms with Gasteiger partial charge in [0.1, 0.15) is 0 Å². The Labute approximate surface area is 272 Å². The average Bonchev–Trinajstić information content (AvgIpc) is 3.51. The second-order valence-corrected chi connectivity index (χ2v) is 12.4. The van der Waals surface area contributed by atoms with Crippen LogP contribution in [0.4, 0.5) is 11.4 Å². The van der Waals surface area contributed by atoms with Crippen LogP contribution in [-0.2, 0) is 19.2 Å². The van der Waals surface area contributed by atoms with Gasteiger partial charge in [0.15, 0.2) is 11.5 Å². The number of allylic oxidation sites excluding steroid dienone is 2. The highest BCUT2D eigenvalue weighted by Gasteiger charge is 2.62. The number of carbonyl (C=O) groups excluding carboxylic acids is 4. The molecule has 3 aromatic rings. The van der Waals surface area contributed by atoms with Crippen LogP contribution in [0.5, 0.6) is 17.2 Å². The first-order chi connectivity index (χ1) is 22.7. The minimum absolute atomic E-state index is 0.155. The number of benzene rings is 3. The zero-order valence-electron chi connectivity index (χ0n) is 26.1. The van der Waals surface area contributed by atoms with Crippen LogP contribution in [0.25, 0.3) is 12.2 Å². The first-order valence-electron chi connectivity index (χ1n) is 15.6. The minimum Gasteiger partial charge on any atom is -0.502 e. The molecule has 238 valence electrons. The average molecular weight is 631 g/mol. The molecule has 2 aliphatic heterocycles. The van der Waals surface area contributed by atoms with E-state index in [1.807, 2.05) is 6.08 Å². The predicted molar refractivity (Wildman–Crippen MR) is 177 cm³/mol. The molecule has 47 heavy (non-hydrogen) atoms. The van der Waals surface area contributed by atoms with Gasteiger partial charge in [-0.25, -0.2) is 0 Å². The third-order valence-corrected chi connectivity index (χ3v) is 10.3. The molecule has 9 nitrogen and oxygen atoms in total. The van der Waals surface area contributed by atoms with Gasteiger partial charge < -0.3 is 14.6 Å². The zero-order valence-corrected chi connectivity index (χ0v) is 26.1. The van der Waals surface area contributed by atoms with Crippen LogP contribution in [0, 0.1) is 29.6 Å². The van der Waals surface area contributed by atoms with Gasteiger partial charge in [0.2, 0.25) is 29.4 Å². The highest BCUT2D eigenvalue weighted by atomic mass is 16.5. The molecule has 0 radical (unpaired) electrons. The Hall–Kier alpha value is -5.44. The van der Waals surface area contributed by atoms with E-state index in [1.54, 1.807) is 72.8 Å². The summed E-state index contributed by atoms with van der Waals surface area (Å²) in [5.74, 6) is -5.08. The summed E-state index contributed by atoms with van der Waals surface area (Å²) in [7, 11) is 2.85. The van der Waals surface area contributed by atoms with Gasteiger partial charge in [0, 0.05) is 5.92 Å². The summed E-state index contributed by atoms with van der Waals surface area (Å²) in [6.45, 7) is 7.56. The van der Waals surface area contributed by atoms with Gasteiger partial charge in [-0.3, -0.25) is 29.0 Å². The number of imide groups is 2. The lowest BCUT2D eigenvalue weighted by atomic mass is 9.57. The Morgan fingerprint density at radius 2 is 1.19 bits per heavy atom. The van der Waals surface area contributed by atoms with Crippen molar-refractivity contribution in [1.29, 1.82) is 0 Å². The number of hydrogen-bond donors (Lipinski definition) is 1. The number of ether oxygens (including phenoxy) is 2. The van der Waals surface area contributed by atoms with E-state index in [9.17, 15) is 24.3 Å². The number of phenolic OH excluding ortho intramolecular Hbond substituents is 1. The Bertz CT molecular complexity index is 1850. The van der Waals surface area contributed by atoms with E-state index in [-0.39, 0.29) is 47.3 Å². The Morgan fingerprint density at radius 1 is 0.702 bits per heavy atom. The number of methoxy groups -OCH3 is 2. The van der Waals surface area contributed by atoms with Crippen molar-refractivity contribution in [2.24, 2.45) is 29.6 Å². The number of phenols is 1. The predicted octanol–water partition coefficient (Wildman–Crippen LogP) is 5.74. The van der Waals surface area contributed by atoms with Crippen LogP contribution >= 0.6 is 0 Å². The molecule has 9 heteroatoms. The number of anilines is 2. The van der Waals surface area contributed by atoms with Crippen molar-refractivity contribution in [3.8, 4) is 17.2 Å². The van der Waals surface area contributed by atoms with E-state index < -0.39 is 35.5 Å². The maximum atomic E-state index is 14.4. The molecule has 7 rings (SSSR count). The highest BCUT2D eigenvalue weighted by Crippen LogP contribution is 2.59. The summed E-state index contributed by atoms with van der Waals surface area (Å²) in [6.07, 6.45) is 5.92. The fraction of sp³-hybridized carbons (Fsp3) is 0.263. The van der Waals surface area contributed by atoms with Crippen molar-refractivity contribution in [2.45, 2.75) is 18.8 Å². The summed E-state index contributed by atoms with van der Waals surface area (Å²) >= 11 is 0. The molecule has 0 unspecified atom stereocenters. The molecule has 0 aromatic heterocycles. The van der Waals surface area contributed by atoms with E-state index >= 15 is 0 Å². The lowest BCUT2D eigenvalue weighted by molar-refractivity contribution is -0.126. The van der Waals surface area contributed by atoms with Gasteiger partial charge in [-0.05, 0) is 71.8 Å². The summed E-state index contributed by atoms with van der Waals surface area (Å²) < 4.78 is 11.0. The number of carbonyl (C=O) groups is 4. The van der Waals surface area contributed by atoms with Crippen molar-refractivity contribution in [1.82, 2.24) is 0 Å². The van der Waals surface area contributed by atoms with E-state index in [4.69, 9.17) is 9.47 Å². The first kappa shape index (κ1) is 30.2. The maximum absolute atomic E-state index is 14.4. The van der Waals surface area contributed by atoms with Gasteiger partial charge in [-0.2, -0.15) is 0 Å². The topological polar surface area (TPSA) is 113 Å². The fourth-order valence-corrected chi connectivity index (χ4v) is 8.08. The fourth-order valence-electron chi connectivity index (χ4n) is 8.08. The van der Waals surface area contributed by atoms with Crippen molar-refractivity contribution in [3.63, 3.8) is 0 Å². The number of hydrogen-bond acceptors (Lipinski definition) is 7. The standard InChI is InChI=1S/C38H34N2O7/c1-5-20-7-11-23(12-8-20)39-35(42)26-16-15-25-27(32(26)37(39)44)19-28-33(31(25)22-17-29(46-3)34(41)30(18-22)47-4)38(45)40(36(28)43)24-13-9-21(6-2)10-14-24/h5-15,17-18,26-28,31-33,41H,1-2,16,19H2,3-4H3/t26-,27+,28+,31-,32-,33+/m0/s1. The molecule has 2 aliphatic carbocycles. The van der Waals surface area contributed by atoms with Crippen molar-refractivity contribution in [2.75, 3.05) is 24.0 Å². The van der Waals surface area contributed by atoms with Crippen LogP contribution in [0.1, 0.15) is 35.4 Å². The minimum atomic E-state index is -0.783. The number of rotatable bonds is 7. The molecule has 2 saturated heterocycles. The van der Waals surface area contributed by atoms with Crippen molar-refractivity contribution < 1.29 is 33.8 Å². The van der Waals surface area contributed by atoms with Crippen LogP contribution in [0.15, 0.2) is 85.5 Å². The second-order valence-electron chi connectivity index (χ2n) is 12.4. The van der Waals surface area contributed by atoms with Gasteiger partial charge in [-0.1, -0.05) is 61.2 Å². The van der Waals surface area contributed by atoms with Crippen LogP contribution < -0.4 is 19.3 Å². The molecular formula is C38H34N2O7. The van der Waals surface area contributed by atoms with E-state index in [0.29, 0.717) is 23.4 Å². The van der Waals surface area contributed by atoms with Gasteiger partial charge in [0.05, 0.1) is 49.3 Å². The van der Waals surface area contributed by atoms with Crippen LogP contribution in [0.2, 0.25) is 0 Å². The van der Waals surface area contributed by atoms with E-state index in [1.165, 1.54) is 24.0 Å². The molecule has 1 N–H and O–H groups in total. The summed E-state index contributed by atoms with van der Waals surface area (Å²) in [5.41, 5.74) is 4.10. The molecule has 4 aliphatic rings. The number of fused-ring (bicyclic) bond motifs is 4. The Morgan fingerprint density at radius 3 is 1.68 bits per heavy atom. The highest BCUT2D eigenvalue weighted by molar-refractivity contribution is 6.24. The lowest BCUT2D eigenvalue weighted by Gasteiger charge is -2.44. The summed E-state index contributed by atoms with van der Waals surface area (Å²) in [6, 6.07) is 17.4. The normalized spacial score (nSPS) is 26.4. The zero-order chi connectivity index (χ0) is 33.1. The van der Waals surface area contributed by atoms with Gasteiger partial charge in [0.25, 0.3) is 0 Å². The quantitative estimate of drug-likeness (QED) is 0.262. The first-order valence-corrected chi connectivity index (χ1v) is 15.6. The lowest BCUT2D eigenvalue weighted by Crippen LogP contribution is -2.43. The summed E-state index contributed by atoms with van der Waals surface area (Å²) in [4.78, 5) is 59.2. The third kappa shape index (κ3) is 4.52. The SMILES string of the molecule is C=Cc1ccc(N2C(=O)[C@H]3[C@H](CC=C4[C@H]3C[C@H]3C(=O)N(c5ccc(C=C)cc5)C(=O)[C@H]3[C@H]4c3cc(OC)c(O)c(OC)c3)C2=O)cc1. The molecule has 1 saturated carbocycles. The summed E-state index contributed by atoms with van der Waals surface area (Å²) in [5, 5.41) is 10.7. The molecule has 6 atom stereocenters. The molecule has 0 bridgehead atoms. The molecule has 4 amide bonds. The molecule has 3 aromatic carbocycles. The van der Waals surface area contributed by atoms with Crippen LogP contribution in [-0.4, -0.2) is 43.0 Å². The Balaban J connectivity index is 1.35. The second kappa shape index (κ2) is 11.4. The van der Waals surface area contributed by atoms with Crippen LogP contribution in [0.3, 0.4) is 0 Å². The van der Waals surface area contributed by atoms with E-state index in [2.05, 4.69) is 13.2 Å². The molecule has 3 fully saturated rings. The van der Waals surface area contributed by atoms with Crippen molar-refractivity contribution in [3.05, 3.63) is 102 Å². The monoisotopic (exact) mass is 630 g/mol. The maximum Gasteiger partial charge on any atom is 0.238 e. The molecule has 0 spiro atoms. The number of amides is 4. The molecule has 2 heterocycles. The van der Waals surface area contributed by atoms with Gasteiger partial charge >= 0.3 is 0 Å². The third-order valence-electron chi connectivity index (χ3n) is 10.3. The van der Waals surface area contributed by atoms with Crippen molar-refractivity contribution >= 4 is 47.2 Å². The number of nitrogens with zero attached hydrogens (tertiary/aromatic N) is 2.